The molecule has 1 aromatic heterocycles. The van der Waals surface area contributed by atoms with Crippen molar-refractivity contribution in [2.45, 2.75) is 37.8 Å². The smallest absolute Gasteiger partial charge is 0.0734 e. The van der Waals surface area contributed by atoms with E-state index < -0.39 is 0 Å². The summed E-state index contributed by atoms with van der Waals surface area (Å²) < 4.78 is 0. The van der Waals surface area contributed by atoms with E-state index in [1.165, 1.54) is 48.8 Å². The molecule has 1 saturated heterocycles. The molecule has 2 fully saturated rings. The first-order valence-electron chi connectivity index (χ1n) is 8.19. The summed E-state index contributed by atoms with van der Waals surface area (Å²) >= 11 is 0. The maximum atomic E-state index is 4.56. The van der Waals surface area contributed by atoms with E-state index in [2.05, 4.69) is 39.5 Å². The van der Waals surface area contributed by atoms with Gasteiger partial charge in [0, 0.05) is 36.8 Å². The van der Waals surface area contributed by atoms with E-state index in [9.17, 15) is 0 Å². The van der Waals surface area contributed by atoms with Crippen LogP contribution in [0.5, 0.6) is 0 Å². The molecule has 4 rings (SSSR count). The van der Waals surface area contributed by atoms with Crippen LogP contribution in [0.15, 0.2) is 36.5 Å². The summed E-state index contributed by atoms with van der Waals surface area (Å²) in [6.45, 7) is 3.61. The molecule has 1 aromatic carbocycles. The fourth-order valence-corrected chi connectivity index (χ4v) is 3.40. The van der Waals surface area contributed by atoms with Crippen molar-refractivity contribution in [3.8, 4) is 0 Å². The van der Waals surface area contributed by atoms with Crippen LogP contribution < -0.4 is 5.32 Å². The summed E-state index contributed by atoms with van der Waals surface area (Å²) in [7, 11) is 0. The molecule has 0 spiro atoms. The molecule has 1 N–H and O–H groups in total. The monoisotopic (exact) mass is 281 g/mol. The molecular weight excluding hydrogens is 258 g/mol. The van der Waals surface area contributed by atoms with E-state index in [0.29, 0.717) is 0 Å². The van der Waals surface area contributed by atoms with Crippen LogP contribution in [-0.2, 0) is 6.42 Å². The summed E-state index contributed by atoms with van der Waals surface area (Å²) in [6, 6.07) is 12.3. The zero-order chi connectivity index (χ0) is 14.1. The topological polar surface area (TPSA) is 28.2 Å². The van der Waals surface area contributed by atoms with Crippen molar-refractivity contribution in [1.82, 2.24) is 15.2 Å². The van der Waals surface area contributed by atoms with Gasteiger partial charge in [-0.3, -0.25) is 4.98 Å². The van der Waals surface area contributed by atoms with Gasteiger partial charge in [0.05, 0.1) is 5.52 Å². The van der Waals surface area contributed by atoms with E-state index in [1.54, 1.807) is 0 Å². The third-order valence-corrected chi connectivity index (χ3v) is 4.73. The maximum absolute atomic E-state index is 4.56. The first kappa shape index (κ1) is 13.2. The van der Waals surface area contributed by atoms with Gasteiger partial charge in [0.1, 0.15) is 0 Å². The fourth-order valence-electron chi connectivity index (χ4n) is 3.40. The molecule has 21 heavy (non-hydrogen) atoms. The number of likely N-dealkylation sites (tertiary alicyclic amines) is 1. The number of pyridine rings is 1. The molecule has 2 aliphatic rings. The highest BCUT2D eigenvalue weighted by atomic mass is 15.2. The standard InChI is InChI=1S/C18H23N3/c1-3-14-5-2-10-19-18(14)15(4-1)8-11-21-12-9-17(13-21)20-16-6-7-16/h1-5,10,16-17,20H,6-9,11-13H2. The highest BCUT2D eigenvalue weighted by molar-refractivity contribution is 5.81. The molecule has 0 radical (unpaired) electrons. The Morgan fingerprint density at radius 3 is 2.90 bits per heavy atom. The number of nitrogens with zero attached hydrogens (tertiary/aromatic N) is 2. The molecule has 0 amide bonds. The van der Waals surface area contributed by atoms with Crippen molar-refractivity contribution < 1.29 is 0 Å². The Labute approximate surface area is 126 Å². The first-order chi connectivity index (χ1) is 10.4. The predicted molar refractivity (Wildman–Crippen MR) is 86.4 cm³/mol. The van der Waals surface area contributed by atoms with Crippen molar-refractivity contribution in [1.29, 1.82) is 0 Å². The van der Waals surface area contributed by atoms with Crippen molar-refractivity contribution in [3.05, 3.63) is 42.1 Å². The summed E-state index contributed by atoms with van der Waals surface area (Å²) in [6.07, 6.45) is 7.09. The third-order valence-electron chi connectivity index (χ3n) is 4.73. The fraction of sp³-hybridized carbons (Fsp3) is 0.500. The van der Waals surface area contributed by atoms with Crippen LogP contribution in [0.1, 0.15) is 24.8 Å². The summed E-state index contributed by atoms with van der Waals surface area (Å²) in [5.74, 6) is 0. The number of rotatable bonds is 5. The summed E-state index contributed by atoms with van der Waals surface area (Å²) in [4.78, 5) is 7.16. The average Bonchev–Trinajstić information content (AvgIpc) is 3.22. The van der Waals surface area contributed by atoms with E-state index in [-0.39, 0.29) is 0 Å². The van der Waals surface area contributed by atoms with Crippen LogP contribution in [0.25, 0.3) is 10.9 Å². The number of hydrogen-bond acceptors (Lipinski definition) is 3. The number of para-hydroxylation sites is 1. The Balaban J connectivity index is 1.37. The second-order valence-electron chi connectivity index (χ2n) is 6.47. The highest BCUT2D eigenvalue weighted by Gasteiger charge is 2.28. The Morgan fingerprint density at radius 2 is 2.00 bits per heavy atom. The summed E-state index contributed by atoms with van der Waals surface area (Å²) in [5.41, 5.74) is 2.55. The van der Waals surface area contributed by atoms with Crippen molar-refractivity contribution in [2.24, 2.45) is 0 Å². The zero-order valence-electron chi connectivity index (χ0n) is 12.5. The van der Waals surface area contributed by atoms with Crippen molar-refractivity contribution >= 4 is 10.9 Å². The average molecular weight is 281 g/mol. The lowest BCUT2D eigenvalue weighted by Crippen LogP contribution is -2.34. The number of hydrogen-bond donors (Lipinski definition) is 1. The molecule has 1 atom stereocenters. The molecule has 1 aliphatic heterocycles. The normalized spacial score (nSPS) is 23.0. The lowest BCUT2D eigenvalue weighted by Gasteiger charge is -2.17. The minimum absolute atomic E-state index is 0.725. The first-order valence-corrected chi connectivity index (χ1v) is 8.19. The molecule has 1 unspecified atom stereocenters. The van der Waals surface area contributed by atoms with Gasteiger partial charge < -0.3 is 10.2 Å². The van der Waals surface area contributed by atoms with Gasteiger partial charge >= 0.3 is 0 Å². The van der Waals surface area contributed by atoms with Crippen LogP contribution in [0.3, 0.4) is 0 Å². The maximum Gasteiger partial charge on any atom is 0.0734 e. The Kier molecular flexibility index (Phi) is 3.62. The van der Waals surface area contributed by atoms with Crippen LogP contribution in [0.4, 0.5) is 0 Å². The van der Waals surface area contributed by atoms with E-state index in [0.717, 1.165) is 25.0 Å². The lowest BCUT2D eigenvalue weighted by molar-refractivity contribution is 0.331. The number of benzene rings is 1. The minimum Gasteiger partial charge on any atom is -0.310 e. The van der Waals surface area contributed by atoms with Gasteiger partial charge in [0.2, 0.25) is 0 Å². The molecular formula is C18H23N3. The molecule has 110 valence electrons. The predicted octanol–water partition coefficient (Wildman–Crippen LogP) is 2.60. The Morgan fingerprint density at radius 1 is 1.10 bits per heavy atom. The van der Waals surface area contributed by atoms with Gasteiger partial charge in [-0.2, -0.15) is 0 Å². The van der Waals surface area contributed by atoms with Crippen molar-refractivity contribution in [2.75, 3.05) is 19.6 Å². The van der Waals surface area contributed by atoms with Gasteiger partial charge in [-0.1, -0.05) is 24.3 Å². The van der Waals surface area contributed by atoms with Crippen LogP contribution in [0.2, 0.25) is 0 Å². The van der Waals surface area contributed by atoms with Gasteiger partial charge in [-0.25, -0.2) is 0 Å². The minimum atomic E-state index is 0.725. The quantitative estimate of drug-likeness (QED) is 0.913. The molecule has 1 aliphatic carbocycles. The molecule has 0 bridgehead atoms. The van der Waals surface area contributed by atoms with E-state index >= 15 is 0 Å². The highest BCUT2D eigenvalue weighted by Crippen LogP contribution is 2.22. The van der Waals surface area contributed by atoms with E-state index in [1.807, 2.05) is 12.3 Å². The van der Waals surface area contributed by atoms with Crippen LogP contribution in [-0.4, -0.2) is 41.6 Å². The number of fused-ring (bicyclic) bond motifs is 1. The second-order valence-corrected chi connectivity index (χ2v) is 6.47. The largest absolute Gasteiger partial charge is 0.310 e. The van der Waals surface area contributed by atoms with E-state index in [4.69, 9.17) is 0 Å². The molecule has 2 aromatic rings. The SMILES string of the molecule is c1cnc2c(CCN3CCC(NC4CC4)C3)cccc2c1. The molecule has 3 nitrogen and oxygen atoms in total. The lowest BCUT2D eigenvalue weighted by atomic mass is 10.1. The van der Waals surface area contributed by atoms with Crippen molar-refractivity contribution in [3.63, 3.8) is 0 Å². The van der Waals surface area contributed by atoms with Gasteiger partial charge in [0.25, 0.3) is 0 Å². The van der Waals surface area contributed by atoms with Crippen LogP contribution >= 0.6 is 0 Å². The third kappa shape index (κ3) is 3.09. The van der Waals surface area contributed by atoms with Gasteiger partial charge in [0.15, 0.2) is 0 Å². The Hall–Kier alpha value is -1.45. The molecule has 3 heteroatoms. The molecule has 2 heterocycles. The molecule has 1 saturated carbocycles. The van der Waals surface area contributed by atoms with Gasteiger partial charge in [-0.05, 0) is 43.9 Å². The Bertz CT molecular complexity index is 615. The van der Waals surface area contributed by atoms with Gasteiger partial charge in [-0.15, -0.1) is 0 Å². The zero-order valence-corrected chi connectivity index (χ0v) is 12.5. The number of aromatic nitrogens is 1. The number of nitrogens with one attached hydrogen (secondary N) is 1. The summed E-state index contributed by atoms with van der Waals surface area (Å²) in [5, 5.41) is 5.01. The second kappa shape index (κ2) is 5.74. The van der Waals surface area contributed by atoms with Crippen LogP contribution in [0, 0.1) is 0 Å².